The fourth-order valence-corrected chi connectivity index (χ4v) is 6.68. The molecule has 6 aromatic carbocycles. The number of fused-ring (bicyclic) bond motifs is 2. The lowest BCUT2D eigenvalue weighted by atomic mass is 9.86. The van der Waals surface area contributed by atoms with Gasteiger partial charge in [0.25, 0.3) is 0 Å². The van der Waals surface area contributed by atoms with Crippen molar-refractivity contribution in [2.24, 2.45) is 0 Å². The number of hydrogen-bond donors (Lipinski definition) is 0. The summed E-state index contributed by atoms with van der Waals surface area (Å²) in [6.07, 6.45) is 3.76. The first-order valence-electron chi connectivity index (χ1n) is 16.6. The van der Waals surface area contributed by atoms with Crippen LogP contribution < -0.4 is 0 Å². The molecule has 0 aliphatic heterocycles. The molecular weight excluding hydrogens is 611 g/mol. The highest BCUT2D eigenvalue weighted by Gasteiger charge is 2.18. The first kappa shape index (κ1) is 29.3. The molecular formula is C45H29N5. The van der Waals surface area contributed by atoms with E-state index >= 15 is 0 Å². The Morgan fingerprint density at radius 2 is 0.680 bits per heavy atom. The number of hydrogen-bond acceptors (Lipinski definition) is 5. The van der Waals surface area contributed by atoms with E-state index in [0.29, 0.717) is 17.5 Å². The third-order valence-electron chi connectivity index (χ3n) is 9.04. The molecule has 0 radical (unpaired) electrons. The van der Waals surface area contributed by atoms with Crippen molar-refractivity contribution < 1.29 is 0 Å². The third-order valence-corrected chi connectivity index (χ3v) is 9.04. The molecule has 5 heteroatoms. The van der Waals surface area contributed by atoms with Crippen molar-refractivity contribution in [2.75, 3.05) is 0 Å². The zero-order chi connectivity index (χ0) is 33.3. The van der Waals surface area contributed by atoms with Gasteiger partial charge in [-0.3, -0.25) is 9.97 Å². The maximum atomic E-state index is 4.94. The Morgan fingerprint density at radius 1 is 0.280 bits per heavy atom. The number of rotatable bonds is 6. The summed E-state index contributed by atoms with van der Waals surface area (Å²) in [6, 6.07) is 56.1. The van der Waals surface area contributed by atoms with Crippen LogP contribution >= 0.6 is 0 Å². The van der Waals surface area contributed by atoms with Gasteiger partial charge in [0.2, 0.25) is 0 Å². The number of benzene rings is 6. The van der Waals surface area contributed by atoms with Crippen LogP contribution in [-0.4, -0.2) is 24.9 Å². The lowest BCUT2D eigenvalue weighted by Gasteiger charge is -2.18. The molecule has 50 heavy (non-hydrogen) atoms. The van der Waals surface area contributed by atoms with Crippen LogP contribution in [0.5, 0.6) is 0 Å². The van der Waals surface area contributed by atoms with Crippen molar-refractivity contribution in [2.45, 2.75) is 0 Å². The predicted molar refractivity (Wildman–Crippen MR) is 203 cm³/mol. The summed E-state index contributed by atoms with van der Waals surface area (Å²) in [5, 5.41) is 4.71. The maximum Gasteiger partial charge on any atom is 0.164 e. The summed E-state index contributed by atoms with van der Waals surface area (Å²) < 4.78 is 0. The number of aromatic nitrogens is 5. The molecule has 0 atom stereocenters. The van der Waals surface area contributed by atoms with E-state index in [0.717, 1.165) is 39.2 Å². The van der Waals surface area contributed by atoms with Gasteiger partial charge in [-0.05, 0) is 56.4 Å². The molecule has 0 spiro atoms. The second-order valence-corrected chi connectivity index (χ2v) is 12.1. The molecule has 9 aromatic rings. The molecule has 234 valence electrons. The molecule has 3 heterocycles. The molecule has 0 saturated carbocycles. The van der Waals surface area contributed by atoms with Gasteiger partial charge in [-0.2, -0.15) is 0 Å². The van der Waals surface area contributed by atoms with Crippen LogP contribution in [-0.2, 0) is 0 Å². The largest absolute Gasteiger partial charge is 0.255 e. The van der Waals surface area contributed by atoms with Crippen molar-refractivity contribution in [1.82, 2.24) is 24.9 Å². The average molecular weight is 640 g/mol. The molecule has 0 amide bonds. The van der Waals surface area contributed by atoms with E-state index in [1.165, 1.54) is 32.7 Å². The van der Waals surface area contributed by atoms with Crippen LogP contribution in [0.15, 0.2) is 176 Å². The summed E-state index contributed by atoms with van der Waals surface area (Å²) in [4.78, 5) is 24.1. The standard InChI is InChI=1S/C45H29N5/c1-3-13-31(14-4-1)43-48-44(32-15-5-2-6-16-32)50-45(49-43)33-24-22-30(23-25-33)41-35-17-7-9-19-37(35)42(38-20-10-8-18-36(38)41)34-26-27-40(47-29-34)39-21-11-12-28-46-39/h1-29H. The first-order chi connectivity index (χ1) is 24.8. The van der Waals surface area contributed by atoms with Crippen LogP contribution in [0.3, 0.4) is 0 Å². The fraction of sp³-hybridized carbons (Fsp3) is 0. The average Bonchev–Trinajstić information content (AvgIpc) is 3.21. The van der Waals surface area contributed by atoms with E-state index in [4.69, 9.17) is 19.9 Å². The van der Waals surface area contributed by atoms with E-state index in [1.54, 1.807) is 6.20 Å². The van der Waals surface area contributed by atoms with Gasteiger partial charge in [0.1, 0.15) is 0 Å². The van der Waals surface area contributed by atoms with Crippen molar-refractivity contribution in [3.8, 4) is 67.8 Å². The quantitative estimate of drug-likeness (QED) is 0.169. The van der Waals surface area contributed by atoms with Gasteiger partial charge < -0.3 is 0 Å². The highest BCUT2D eigenvalue weighted by molar-refractivity contribution is 6.21. The summed E-state index contributed by atoms with van der Waals surface area (Å²) in [7, 11) is 0. The topological polar surface area (TPSA) is 64.5 Å². The lowest BCUT2D eigenvalue weighted by Crippen LogP contribution is -2.00. The number of pyridine rings is 2. The van der Waals surface area contributed by atoms with Gasteiger partial charge in [0.15, 0.2) is 17.5 Å². The molecule has 0 bridgehead atoms. The molecule has 0 unspecified atom stereocenters. The van der Waals surface area contributed by atoms with Gasteiger partial charge in [-0.15, -0.1) is 0 Å². The van der Waals surface area contributed by atoms with Crippen molar-refractivity contribution >= 4 is 21.5 Å². The van der Waals surface area contributed by atoms with E-state index in [9.17, 15) is 0 Å². The van der Waals surface area contributed by atoms with E-state index in [2.05, 4.69) is 89.9 Å². The molecule has 0 aliphatic rings. The summed E-state index contributed by atoms with van der Waals surface area (Å²) in [5.74, 6) is 1.93. The Labute approximate surface area is 289 Å². The number of nitrogens with zero attached hydrogens (tertiary/aromatic N) is 5. The second kappa shape index (κ2) is 12.6. The Hall–Kier alpha value is -6.85. The Kier molecular flexibility index (Phi) is 7.41. The first-order valence-corrected chi connectivity index (χ1v) is 16.6. The van der Waals surface area contributed by atoms with Crippen LogP contribution in [0.2, 0.25) is 0 Å². The van der Waals surface area contributed by atoms with Gasteiger partial charge in [0, 0.05) is 34.6 Å². The highest BCUT2D eigenvalue weighted by atomic mass is 15.0. The van der Waals surface area contributed by atoms with Crippen LogP contribution in [0.25, 0.3) is 89.4 Å². The van der Waals surface area contributed by atoms with Crippen molar-refractivity contribution in [3.05, 3.63) is 176 Å². The zero-order valence-corrected chi connectivity index (χ0v) is 27.0. The molecule has 0 fully saturated rings. The van der Waals surface area contributed by atoms with Crippen molar-refractivity contribution in [1.29, 1.82) is 0 Å². The molecule has 3 aromatic heterocycles. The van der Waals surface area contributed by atoms with Crippen molar-refractivity contribution in [3.63, 3.8) is 0 Å². The summed E-state index contributed by atoms with van der Waals surface area (Å²) in [6.45, 7) is 0. The van der Waals surface area contributed by atoms with Crippen LogP contribution in [0, 0.1) is 0 Å². The smallest absolute Gasteiger partial charge is 0.164 e. The summed E-state index contributed by atoms with van der Waals surface area (Å²) in [5.41, 5.74) is 9.08. The van der Waals surface area contributed by atoms with E-state index < -0.39 is 0 Å². The molecule has 9 rings (SSSR count). The Bertz CT molecular complexity index is 2490. The van der Waals surface area contributed by atoms with Gasteiger partial charge >= 0.3 is 0 Å². The van der Waals surface area contributed by atoms with E-state index in [-0.39, 0.29) is 0 Å². The fourth-order valence-electron chi connectivity index (χ4n) is 6.68. The molecule has 0 aliphatic carbocycles. The monoisotopic (exact) mass is 639 g/mol. The third kappa shape index (κ3) is 5.37. The van der Waals surface area contributed by atoms with Gasteiger partial charge in [0.05, 0.1) is 11.4 Å². The predicted octanol–water partition coefficient (Wildman–Crippen LogP) is 11.0. The van der Waals surface area contributed by atoms with Crippen LogP contribution in [0.4, 0.5) is 0 Å². The lowest BCUT2D eigenvalue weighted by molar-refractivity contribution is 1.07. The zero-order valence-electron chi connectivity index (χ0n) is 27.0. The SMILES string of the molecule is c1ccc(-c2nc(-c3ccccc3)nc(-c3ccc(-c4c5ccccc5c(-c5ccc(-c6ccccn6)nc5)c5ccccc45)cc3)n2)cc1. The maximum absolute atomic E-state index is 4.94. The Balaban J connectivity index is 1.17. The minimum absolute atomic E-state index is 0.635. The second-order valence-electron chi connectivity index (χ2n) is 12.1. The minimum Gasteiger partial charge on any atom is -0.255 e. The molecule has 5 nitrogen and oxygen atoms in total. The summed E-state index contributed by atoms with van der Waals surface area (Å²) >= 11 is 0. The van der Waals surface area contributed by atoms with E-state index in [1.807, 2.05) is 85.1 Å². The Morgan fingerprint density at radius 3 is 1.14 bits per heavy atom. The minimum atomic E-state index is 0.635. The molecule has 0 saturated heterocycles. The van der Waals surface area contributed by atoms with Gasteiger partial charge in [-0.25, -0.2) is 15.0 Å². The normalized spacial score (nSPS) is 11.2. The van der Waals surface area contributed by atoms with Crippen LogP contribution in [0.1, 0.15) is 0 Å². The molecule has 0 N–H and O–H groups in total. The highest BCUT2D eigenvalue weighted by Crippen LogP contribution is 2.43. The van der Waals surface area contributed by atoms with Gasteiger partial charge in [-0.1, -0.05) is 146 Å².